The Balaban J connectivity index is 1.45. The van der Waals surface area contributed by atoms with E-state index < -0.39 is 0 Å². The third-order valence-corrected chi connectivity index (χ3v) is 5.14. The van der Waals surface area contributed by atoms with E-state index in [1.165, 1.54) is 0 Å². The van der Waals surface area contributed by atoms with E-state index >= 15 is 0 Å². The average molecular weight is 377 g/mol. The molecule has 1 amide bonds. The Hall–Kier alpha value is -2.99. The molecule has 3 heterocycles. The molecule has 1 aliphatic heterocycles. The second kappa shape index (κ2) is 7.94. The molecule has 3 aromatic rings. The molecule has 144 valence electrons. The molecular formula is C22H23N3O3. The number of rotatable bonds is 3. The number of amides is 1. The van der Waals surface area contributed by atoms with Crippen molar-refractivity contribution in [3.05, 3.63) is 75.9 Å². The van der Waals surface area contributed by atoms with E-state index in [-0.39, 0.29) is 11.3 Å². The van der Waals surface area contributed by atoms with Crippen LogP contribution < -0.4 is 5.43 Å². The highest BCUT2D eigenvalue weighted by Gasteiger charge is 2.21. The van der Waals surface area contributed by atoms with Gasteiger partial charge in [-0.25, -0.2) is 0 Å². The van der Waals surface area contributed by atoms with Crippen LogP contribution in [0.5, 0.6) is 0 Å². The zero-order valence-electron chi connectivity index (χ0n) is 15.9. The predicted molar refractivity (Wildman–Crippen MR) is 107 cm³/mol. The molecular weight excluding hydrogens is 354 g/mol. The van der Waals surface area contributed by atoms with E-state index in [1.807, 2.05) is 30.0 Å². The molecule has 0 spiro atoms. The summed E-state index contributed by atoms with van der Waals surface area (Å²) in [5.74, 6) is 0.0169. The lowest BCUT2D eigenvalue weighted by atomic mass is 10.1. The van der Waals surface area contributed by atoms with Crippen LogP contribution in [0.4, 0.5) is 0 Å². The Bertz CT molecular complexity index is 1060. The minimum Gasteiger partial charge on any atom is -0.464 e. The highest BCUT2D eigenvalue weighted by Crippen LogP contribution is 2.14. The number of hydrogen-bond acceptors (Lipinski definition) is 5. The van der Waals surface area contributed by atoms with Crippen LogP contribution in [0, 0.1) is 6.92 Å². The van der Waals surface area contributed by atoms with E-state index in [4.69, 9.17) is 4.42 Å². The van der Waals surface area contributed by atoms with Gasteiger partial charge in [0.1, 0.15) is 5.58 Å². The summed E-state index contributed by atoms with van der Waals surface area (Å²) in [5.41, 5.74) is 2.89. The highest BCUT2D eigenvalue weighted by molar-refractivity contribution is 5.94. The van der Waals surface area contributed by atoms with E-state index in [0.29, 0.717) is 41.7 Å². The lowest BCUT2D eigenvalue weighted by Gasteiger charge is -2.22. The van der Waals surface area contributed by atoms with Crippen LogP contribution >= 0.6 is 0 Å². The molecule has 1 saturated heterocycles. The SMILES string of the molecule is Cc1cncc(C(=O)N2CCCN(Cc3coc4ccccc4c3=O)CC2)c1. The van der Waals surface area contributed by atoms with Crippen molar-refractivity contribution in [3.8, 4) is 0 Å². The molecule has 6 nitrogen and oxygen atoms in total. The van der Waals surface area contributed by atoms with E-state index in [9.17, 15) is 9.59 Å². The smallest absolute Gasteiger partial charge is 0.255 e. The number of para-hydroxylation sites is 1. The Labute approximate surface area is 163 Å². The molecule has 1 aliphatic rings. The first-order valence-electron chi connectivity index (χ1n) is 9.54. The van der Waals surface area contributed by atoms with Crippen LogP contribution in [-0.2, 0) is 6.54 Å². The van der Waals surface area contributed by atoms with Gasteiger partial charge in [0.05, 0.1) is 17.2 Å². The first-order valence-corrected chi connectivity index (χ1v) is 9.54. The number of carbonyl (C=O) groups excluding carboxylic acids is 1. The Kier molecular flexibility index (Phi) is 5.21. The topological polar surface area (TPSA) is 66.7 Å². The molecule has 0 atom stereocenters. The van der Waals surface area contributed by atoms with Crippen LogP contribution in [0.1, 0.15) is 27.9 Å². The first-order chi connectivity index (χ1) is 13.6. The zero-order chi connectivity index (χ0) is 19.5. The van der Waals surface area contributed by atoms with Gasteiger partial charge in [0, 0.05) is 50.7 Å². The molecule has 0 radical (unpaired) electrons. The lowest BCUT2D eigenvalue weighted by molar-refractivity contribution is 0.0760. The molecule has 0 aliphatic carbocycles. The number of carbonyl (C=O) groups is 1. The van der Waals surface area contributed by atoms with Gasteiger partial charge in [0.25, 0.3) is 5.91 Å². The van der Waals surface area contributed by atoms with E-state index in [1.54, 1.807) is 30.8 Å². The molecule has 1 aromatic carbocycles. The average Bonchev–Trinajstić information content (AvgIpc) is 2.95. The maximum absolute atomic E-state index is 12.8. The fourth-order valence-corrected chi connectivity index (χ4v) is 3.65. The Morgan fingerprint density at radius 3 is 2.86 bits per heavy atom. The van der Waals surface area contributed by atoms with Gasteiger partial charge in [-0.15, -0.1) is 0 Å². The number of fused-ring (bicyclic) bond motifs is 1. The standard InChI is InChI=1S/C22H23N3O3/c1-16-11-17(13-23-12-16)22(27)25-8-4-7-24(9-10-25)14-18-15-28-20-6-3-2-5-19(20)21(18)26/h2-3,5-6,11-13,15H,4,7-10,14H2,1H3. The number of nitrogens with zero attached hydrogens (tertiary/aromatic N) is 3. The first kappa shape index (κ1) is 18.4. The molecule has 6 heteroatoms. The van der Waals surface area contributed by atoms with Crippen molar-refractivity contribution in [3.63, 3.8) is 0 Å². The summed E-state index contributed by atoms with van der Waals surface area (Å²) in [5, 5.41) is 0.610. The van der Waals surface area contributed by atoms with Crippen molar-refractivity contribution >= 4 is 16.9 Å². The Morgan fingerprint density at radius 2 is 2.00 bits per heavy atom. The van der Waals surface area contributed by atoms with Crippen molar-refractivity contribution in [1.29, 1.82) is 0 Å². The third-order valence-electron chi connectivity index (χ3n) is 5.14. The molecule has 0 saturated carbocycles. The maximum Gasteiger partial charge on any atom is 0.255 e. The van der Waals surface area contributed by atoms with Crippen molar-refractivity contribution in [2.24, 2.45) is 0 Å². The van der Waals surface area contributed by atoms with Crippen LogP contribution in [0.15, 0.2) is 58.2 Å². The van der Waals surface area contributed by atoms with E-state index in [2.05, 4.69) is 9.88 Å². The van der Waals surface area contributed by atoms with E-state index in [0.717, 1.165) is 25.1 Å². The summed E-state index contributed by atoms with van der Waals surface area (Å²) in [6, 6.07) is 9.17. The summed E-state index contributed by atoms with van der Waals surface area (Å²) in [4.78, 5) is 33.7. The van der Waals surface area contributed by atoms with Gasteiger partial charge in [-0.05, 0) is 37.1 Å². The minimum atomic E-state index is 0.0169. The zero-order valence-corrected chi connectivity index (χ0v) is 15.9. The van der Waals surface area contributed by atoms with Crippen molar-refractivity contribution < 1.29 is 9.21 Å². The van der Waals surface area contributed by atoms with Crippen LogP contribution in [-0.4, -0.2) is 46.9 Å². The van der Waals surface area contributed by atoms with Crippen molar-refractivity contribution in [1.82, 2.24) is 14.8 Å². The number of benzene rings is 1. The quantitative estimate of drug-likeness (QED) is 0.702. The highest BCUT2D eigenvalue weighted by atomic mass is 16.3. The van der Waals surface area contributed by atoms with Gasteiger partial charge in [0.2, 0.25) is 0 Å². The molecule has 0 N–H and O–H groups in total. The van der Waals surface area contributed by atoms with Crippen LogP contribution in [0.3, 0.4) is 0 Å². The minimum absolute atomic E-state index is 0.0169. The number of pyridine rings is 1. The van der Waals surface area contributed by atoms with Crippen molar-refractivity contribution in [2.45, 2.75) is 19.9 Å². The van der Waals surface area contributed by atoms with Gasteiger partial charge < -0.3 is 9.32 Å². The Morgan fingerprint density at radius 1 is 1.14 bits per heavy atom. The maximum atomic E-state index is 12.8. The lowest BCUT2D eigenvalue weighted by Crippen LogP contribution is -2.35. The normalized spacial score (nSPS) is 15.5. The second-order valence-corrected chi connectivity index (χ2v) is 7.26. The molecule has 0 unspecified atom stereocenters. The molecule has 28 heavy (non-hydrogen) atoms. The summed E-state index contributed by atoms with van der Waals surface area (Å²) < 4.78 is 5.63. The summed E-state index contributed by atoms with van der Waals surface area (Å²) >= 11 is 0. The number of aromatic nitrogens is 1. The summed E-state index contributed by atoms with van der Waals surface area (Å²) in [6.45, 7) is 5.35. The molecule has 2 aromatic heterocycles. The number of aryl methyl sites for hydroxylation is 1. The predicted octanol–water partition coefficient (Wildman–Crippen LogP) is 2.84. The van der Waals surface area contributed by atoms with Crippen LogP contribution in [0.2, 0.25) is 0 Å². The van der Waals surface area contributed by atoms with Gasteiger partial charge in [-0.1, -0.05) is 12.1 Å². The van der Waals surface area contributed by atoms with Gasteiger partial charge >= 0.3 is 0 Å². The third kappa shape index (κ3) is 3.82. The fraction of sp³-hybridized carbons (Fsp3) is 0.318. The molecule has 1 fully saturated rings. The second-order valence-electron chi connectivity index (χ2n) is 7.26. The van der Waals surface area contributed by atoms with Crippen LogP contribution in [0.25, 0.3) is 11.0 Å². The van der Waals surface area contributed by atoms with Crippen molar-refractivity contribution in [2.75, 3.05) is 26.2 Å². The van der Waals surface area contributed by atoms with Gasteiger partial charge in [0.15, 0.2) is 5.43 Å². The monoisotopic (exact) mass is 377 g/mol. The number of hydrogen-bond donors (Lipinski definition) is 0. The summed E-state index contributed by atoms with van der Waals surface area (Å²) in [6.07, 6.45) is 5.80. The largest absolute Gasteiger partial charge is 0.464 e. The molecule has 4 rings (SSSR count). The van der Waals surface area contributed by atoms with Gasteiger partial charge in [-0.3, -0.25) is 19.5 Å². The summed E-state index contributed by atoms with van der Waals surface area (Å²) in [7, 11) is 0. The fourth-order valence-electron chi connectivity index (χ4n) is 3.65. The van der Waals surface area contributed by atoms with Gasteiger partial charge in [-0.2, -0.15) is 0 Å². The molecule has 0 bridgehead atoms.